The Hall–Kier alpha value is -1.29. The highest BCUT2D eigenvalue weighted by Gasteiger charge is 2.01. The van der Waals surface area contributed by atoms with Gasteiger partial charge < -0.3 is 16.0 Å². The molecular weight excluding hydrogens is 166 g/mol. The van der Waals surface area contributed by atoms with Crippen molar-refractivity contribution in [3.63, 3.8) is 0 Å². The van der Waals surface area contributed by atoms with Crippen LogP contribution >= 0.6 is 0 Å². The summed E-state index contributed by atoms with van der Waals surface area (Å²) in [5, 5.41) is 0. The molecule has 4 N–H and O–H groups in total. The number of nitrogens with zero attached hydrogens (tertiary/aromatic N) is 1. The molecule has 0 aliphatic rings. The summed E-state index contributed by atoms with van der Waals surface area (Å²) in [7, 11) is 1.69. The Kier molecular flexibility index (Phi) is 3.08. The minimum atomic E-state index is -0.0266. The monoisotopic (exact) mass is 181 g/mol. The fourth-order valence-electron chi connectivity index (χ4n) is 1.20. The van der Waals surface area contributed by atoms with Crippen molar-refractivity contribution in [1.82, 2.24) is 4.57 Å². The first-order chi connectivity index (χ1) is 6.15. The van der Waals surface area contributed by atoms with E-state index in [1.165, 1.54) is 4.57 Å². The molecule has 4 heteroatoms. The van der Waals surface area contributed by atoms with Gasteiger partial charge in [0.05, 0.1) is 5.69 Å². The summed E-state index contributed by atoms with van der Waals surface area (Å²) >= 11 is 0. The fourth-order valence-corrected chi connectivity index (χ4v) is 1.20. The van der Waals surface area contributed by atoms with E-state index in [9.17, 15) is 4.79 Å². The van der Waals surface area contributed by atoms with Gasteiger partial charge in [0.1, 0.15) is 0 Å². The van der Waals surface area contributed by atoms with Crippen LogP contribution in [0.2, 0.25) is 0 Å². The Labute approximate surface area is 77.2 Å². The van der Waals surface area contributed by atoms with Gasteiger partial charge in [-0.15, -0.1) is 0 Å². The normalized spacial score (nSPS) is 10.3. The lowest BCUT2D eigenvalue weighted by atomic mass is 10.1. The number of anilines is 1. The van der Waals surface area contributed by atoms with Crippen LogP contribution in [0.4, 0.5) is 5.69 Å². The molecule has 0 bridgehead atoms. The van der Waals surface area contributed by atoms with Gasteiger partial charge in [0.25, 0.3) is 5.56 Å². The molecule has 0 saturated heterocycles. The Morgan fingerprint density at radius 3 is 2.85 bits per heavy atom. The maximum Gasteiger partial charge on any atom is 0.250 e. The predicted octanol–water partition coefficient (Wildman–Crippen LogP) is -0.141. The van der Waals surface area contributed by atoms with Crippen molar-refractivity contribution in [2.45, 2.75) is 12.8 Å². The molecule has 0 unspecified atom stereocenters. The largest absolute Gasteiger partial charge is 0.397 e. The zero-order valence-electron chi connectivity index (χ0n) is 7.79. The van der Waals surface area contributed by atoms with Crippen molar-refractivity contribution in [2.24, 2.45) is 12.8 Å². The standard InChI is InChI=1S/C9H15N3O/c1-12-6-8(11)7(3-2-4-10)5-9(12)13/h5-6H,2-4,10-11H2,1H3. The summed E-state index contributed by atoms with van der Waals surface area (Å²) < 4.78 is 1.47. The maximum absolute atomic E-state index is 11.2. The van der Waals surface area contributed by atoms with E-state index in [4.69, 9.17) is 11.5 Å². The summed E-state index contributed by atoms with van der Waals surface area (Å²) in [5.41, 5.74) is 12.6. The minimum absolute atomic E-state index is 0.0266. The first-order valence-electron chi connectivity index (χ1n) is 4.30. The third-order valence-electron chi connectivity index (χ3n) is 2.00. The second-order valence-corrected chi connectivity index (χ2v) is 3.10. The van der Waals surface area contributed by atoms with Crippen LogP contribution in [0, 0.1) is 0 Å². The van der Waals surface area contributed by atoms with Gasteiger partial charge >= 0.3 is 0 Å². The summed E-state index contributed by atoms with van der Waals surface area (Å²) in [6.07, 6.45) is 3.28. The molecule has 1 aromatic heterocycles. The van der Waals surface area contributed by atoms with Gasteiger partial charge in [0, 0.05) is 19.3 Å². The molecule has 0 amide bonds. The lowest BCUT2D eigenvalue weighted by Gasteiger charge is -2.05. The van der Waals surface area contributed by atoms with Gasteiger partial charge in [0.15, 0.2) is 0 Å². The molecule has 0 aliphatic heterocycles. The van der Waals surface area contributed by atoms with Gasteiger partial charge in [0.2, 0.25) is 0 Å². The molecule has 1 rings (SSSR count). The van der Waals surface area contributed by atoms with Crippen LogP contribution in [0.5, 0.6) is 0 Å². The summed E-state index contributed by atoms with van der Waals surface area (Å²) in [4.78, 5) is 11.2. The highest BCUT2D eigenvalue weighted by molar-refractivity contribution is 5.44. The second-order valence-electron chi connectivity index (χ2n) is 3.10. The van der Waals surface area contributed by atoms with E-state index in [0.29, 0.717) is 12.2 Å². The third kappa shape index (κ3) is 2.32. The van der Waals surface area contributed by atoms with Gasteiger partial charge in [-0.2, -0.15) is 0 Å². The molecule has 0 aliphatic carbocycles. The number of rotatable bonds is 3. The van der Waals surface area contributed by atoms with E-state index in [0.717, 1.165) is 18.4 Å². The van der Waals surface area contributed by atoms with Crippen LogP contribution in [-0.2, 0) is 13.5 Å². The second kappa shape index (κ2) is 4.09. The summed E-state index contributed by atoms with van der Waals surface area (Å²) in [6.45, 7) is 0.620. The Balaban J connectivity index is 2.95. The topological polar surface area (TPSA) is 74.0 Å². The third-order valence-corrected chi connectivity index (χ3v) is 2.00. The zero-order valence-corrected chi connectivity index (χ0v) is 7.79. The Bertz CT molecular complexity index is 343. The fraction of sp³-hybridized carbons (Fsp3) is 0.444. The van der Waals surface area contributed by atoms with Crippen molar-refractivity contribution >= 4 is 5.69 Å². The molecule has 0 atom stereocenters. The van der Waals surface area contributed by atoms with E-state index < -0.39 is 0 Å². The first-order valence-corrected chi connectivity index (χ1v) is 4.30. The zero-order chi connectivity index (χ0) is 9.84. The Morgan fingerprint density at radius 2 is 2.23 bits per heavy atom. The molecule has 13 heavy (non-hydrogen) atoms. The molecule has 4 nitrogen and oxygen atoms in total. The number of pyridine rings is 1. The van der Waals surface area contributed by atoms with Crippen molar-refractivity contribution < 1.29 is 0 Å². The molecular formula is C9H15N3O. The Morgan fingerprint density at radius 1 is 1.54 bits per heavy atom. The van der Waals surface area contributed by atoms with Crippen LogP contribution in [0.15, 0.2) is 17.1 Å². The molecule has 0 radical (unpaired) electrons. The smallest absolute Gasteiger partial charge is 0.250 e. The van der Waals surface area contributed by atoms with Crippen molar-refractivity contribution in [2.75, 3.05) is 12.3 Å². The molecule has 0 aromatic carbocycles. The van der Waals surface area contributed by atoms with E-state index >= 15 is 0 Å². The first kappa shape index (κ1) is 9.80. The van der Waals surface area contributed by atoms with Crippen LogP contribution in [0.25, 0.3) is 0 Å². The molecule has 0 fully saturated rings. The molecule has 0 spiro atoms. The summed E-state index contributed by atoms with van der Waals surface area (Å²) in [6, 6.07) is 1.57. The number of nitrogen functional groups attached to an aromatic ring is 1. The lowest BCUT2D eigenvalue weighted by Crippen LogP contribution is -2.17. The number of hydrogen-bond acceptors (Lipinski definition) is 3. The highest BCUT2D eigenvalue weighted by Crippen LogP contribution is 2.09. The van der Waals surface area contributed by atoms with Crippen LogP contribution < -0.4 is 17.0 Å². The number of aryl methyl sites for hydroxylation is 2. The van der Waals surface area contributed by atoms with Crippen molar-refractivity contribution in [3.8, 4) is 0 Å². The van der Waals surface area contributed by atoms with Gasteiger partial charge in [-0.05, 0) is 24.9 Å². The van der Waals surface area contributed by atoms with E-state index in [1.54, 1.807) is 19.3 Å². The van der Waals surface area contributed by atoms with E-state index in [-0.39, 0.29) is 5.56 Å². The van der Waals surface area contributed by atoms with E-state index in [1.807, 2.05) is 0 Å². The molecule has 1 aromatic rings. The van der Waals surface area contributed by atoms with Crippen LogP contribution in [0.3, 0.4) is 0 Å². The number of hydrogen-bond donors (Lipinski definition) is 2. The SMILES string of the molecule is Cn1cc(N)c(CCCN)cc1=O. The van der Waals surface area contributed by atoms with Gasteiger partial charge in [-0.1, -0.05) is 0 Å². The van der Waals surface area contributed by atoms with Gasteiger partial charge in [-0.25, -0.2) is 0 Å². The van der Waals surface area contributed by atoms with Crippen molar-refractivity contribution in [3.05, 3.63) is 28.2 Å². The lowest BCUT2D eigenvalue weighted by molar-refractivity contribution is 0.811. The van der Waals surface area contributed by atoms with Gasteiger partial charge in [-0.3, -0.25) is 4.79 Å². The summed E-state index contributed by atoms with van der Waals surface area (Å²) in [5.74, 6) is 0. The van der Waals surface area contributed by atoms with E-state index in [2.05, 4.69) is 0 Å². The molecule has 0 saturated carbocycles. The predicted molar refractivity (Wildman–Crippen MR) is 53.5 cm³/mol. The molecule has 1 heterocycles. The minimum Gasteiger partial charge on any atom is -0.397 e. The maximum atomic E-state index is 11.2. The molecule has 72 valence electrons. The van der Waals surface area contributed by atoms with Crippen LogP contribution in [0.1, 0.15) is 12.0 Å². The highest BCUT2D eigenvalue weighted by atomic mass is 16.1. The van der Waals surface area contributed by atoms with Crippen LogP contribution in [-0.4, -0.2) is 11.1 Å². The quantitative estimate of drug-likeness (QED) is 0.681. The average molecular weight is 181 g/mol. The number of nitrogens with two attached hydrogens (primary N) is 2. The van der Waals surface area contributed by atoms with Crippen molar-refractivity contribution in [1.29, 1.82) is 0 Å². The number of aromatic nitrogens is 1. The average Bonchev–Trinajstić information content (AvgIpc) is 2.09.